The predicted octanol–water partition coefficient (Wildman–Crippen LogP) is 4.57. The van der Waals surface area contributed by atoms with Crippen molar-refractivity contribution >= 4 is 29.0 Å². The lowest BCUT2D eigenvalue weighted by Crippen LogP contribution is -2.29. The molecule has 0 radical (unpaired) electrons. The van der Waals surface area contributed by atoms with E-state index in [4.69, 9.17) is 4.42 Å². The van der Waals surface area contributed by atoms with E-state index in [0.717, 1.165) is 17.1 Å². The zero-order valence-electron chi connectivity index (χ0n) is 13.3. The Labute approximate surface area is 147 Å². The first-order valence-corrected chi connectivity index (χ1v) is 8.30. The molecule has 1 amide bonds. The third-order valence-corrected chi connectivity index (χ3v) is 4.19. The fourth-order valence-corrected chi connectivity index (χ4v) is 2.82. The van der Waals surface area contributed by atoms with Crippen molar-refractivity contribution in [2.45, 2.75) is 13.5 Å². The van der Waals surface area contributed by atoms with Crippen LogP contribution in [0.2, 0.25) is 0 Å². The van der Waals surface area contributed by atoms with Gasteiger partial charge in [0.2, 0.25) is 0 Å². The Balaban J connectivity index is 1.89. The molecule has 0 bridgehead atoms. The lowest BCUT2D eigenvalue weighted by molar-refractivity contribution is -0.114. The molecule has 0 N–H and O–H groups in total. The molecule has 128 valence electrons. The summed E-state index contributed by atoms with van der Waals surface area (Å²) in [5.41, 5.74) is 0.621. The van der Waals surface area contributed by atoms with E-state index < -0.39 is 17.5 Å². The van der Waals surface area contributed by atoms with Crippen LogP contribution in [0.4, 0.5) is 14.5 Å². The van der Waals surface area contributed by atoms with Crippen molar-refractivity contribution in [1.82, 2.24) is 4.98 Å². The average Bonchev–Trinajstić information content (AvgIpc) is 3.22. The molecular formula is C18H14F2N2O2S. The number of benzene rings is 1. The van der Waals surface area contributed by atoms with E-state index in [1.54, 1.807) is 18.2 Å². The van der Waals surface area contributed by atoms with Crippen LogP contribution in [0.15, 0.2) is 52.5 Å². The third kappa shape index (κ3) is 4.19. The van der Waals surface area contributed by atoms with E-state index in [2.05, 4.69) is 4.98 Å². The van der Waals surface area contributed by atoms with Gasteiger partial charge in [0, 0.05) is 17.5 Å². The number of nitrogens with zero attached hydrogens (tertiary/aromatic N) is 2. The Bertz CT molecular complexity index is 904. The summed E-state index contributed by atoms with van der Waals surface area (Å²) in [4.78, 5) is 18.0. The van der Waals surface area contributed by atoms with Gasteiger partial charge in [0.25, 0.3) is 5.91 Å². The zero-order valence-corrected chi connectivity index (χ0v) is 14.1. The minimum Gasteiger partial charge on any atom is -0.467 e. The number of thiazole rings is 1. The van der Waals surface area contributed by atoms with Gasteiger partial charge in [-0.05, 0) is 37.3 Å². The molecule has 0 aliphatic rings. The Hall–Kier alpha value is -2.80. The van der Waals surface area contributed by atoms with Gasteiger partial charge in [-0.2, -0.15) is 0 Å². The van der Waals surface area contributed by atoms with E-state index in [1.165, 1.54) is 34.6 Å². The van der Waals surface area contributed by atoms with Crippen LogP contribution in [0, 0.1) is 18.6 Å². The van der Waals surface area contributed by atoms with E-state index >= 15 is 0 Å². The fraction of sp³-hybridized carbons (Fsp3) is 0.111. The number of hydrogen-bond donors (Lipinski definition) is 0. The molecule has 0 saturated heterocycles. The zero-order chi connectivity index (χ0) is 17.8. The van der Waals surface area contributed by atoms with Gasteiger partial charge in [0.05, 0.1) is 29.2 Å². The summed E-state index contributed by atoms with van der Waals surface area (Å²) in [5, 5.41) is 2.69. The standard InChI is InChI=1S/C18H14F2N2O2S/c1-12-21-14(11-25-12)5-7-18(23)22(10-15-3-2-8-24-15)17-6-4-13(19)9-16(17)20/h2-9,11H,10H2,1H3/b7-5+. The number of hydrogen-bond acceptors (Lipinski definition) is 4. The molecule has 3 aromatic rings. The van der Waals surface area contributed by atoms with Crippen LogP contribution in [-0.4, -0.2) is 10.9 Å². The molecule has 4 nitrogen and oxygen atoms in total. The van der Waals surface area contributed by atoms with Crippen molar-refractivity contribution in [3.05, 3.63) is 76.1 Å². The normalized spacial score (nSPS) is 11.2. The molecule has 2 aromatic heterocycles. The van der Waals surface area contributed by atoms with Crippen molar-refractivity contribution < 1.29 is 18.0 Å². The Morgan fingerprint density at radius 2 is 2.20 bits per heavy atom. The fourth-order valence-electron chi connectivity index (χ4n) is 2.24. The molecule has 3 rings (SSSR count). The summed E-state index contributed by atoms with van der Waals surface area (Å²) in [6, 6.07) is 6.42. The van der Waals surface area contributed by atoms with Gasteiger partial charge in [-0.1, -0.05) is 0 Å². The highest BCUT2D eigenvalue weighted by atomic mass is 32.1. The van der Waals surface area contributed by atoms with Crippen molar-refractivity contribution in [3.63, 3.8) is 0 Å². The van der Waals surface area contributed by atoms with Crippen molar-refractivity contribution in [2.75, 3.05) is 4.90 Å². The van der Waals surface area contributed by atoms with Gasteiger partial charge in [0.15, 0.2) is 0 Å². The number of aromatic nitrogens is 1. The first kappa shape index (κ1) is 17.0. The second-order valence-electron chi connectivity index (χ2n) is 5.22. The summed E-state index contributed by atoms with van der Waals surface area (Å²) < 4.78 is 32.6. The monoisotopic (exact) mass is 360 g/mol. The van der Waals surface area contributed by atoms with E-state index in [1.807, 2.05) is 12.3 Å². The van der Waals surface area contributed by atoms with Crippen molar-refractivity contribution in [1.29, 1.82) is 0 Å². The maximum Gasteiger partial charge on any atom is 0.251 e. The smallest absolute Gasteiger partial charge is 0.251 e. The average molecular weight is 360 g/mol. The summed E-state index contributed by atoms with van der Waals surface area (Å²) in [7, 11) is 0. The molecule has 25 heavy (non-hydrogen) atoms. The maximum atomic E-state index is 14.2. The predicted molar refractivity (Wildman–Crippen MR) is 92.1 cm³/mol. The van der Waals surface area contributed by atoms with E-state index in [0.29, 0.717) is 11.5 Å². The topological polar surface area (TPSA) is 46.3 Å². The quantitative estimate of drug-likeness (QED) is 0.626. The van der Waals surface area contributed by atoms with Crippen LogP contribution >= 0.6 is 11.3 Å². The SMILES string of the molecule is Cc1nc(/C=C/C(=O)N(Cc2ccco2)c2ccc(F)cc2F)cs1. The summed E-state index contributed by atoms with van der Waals surface area (Å²) in [6.07, 6.45) is 4.33. The van der Waals surface area contributed by atoms with E-state index in [9.17, 15) is 13.6 Å². The molecular weight excluding hydrogens is 346 g/mol. The molecule has 7 heteroatoms. The van der Waals surface area contributed by atoms with Gasteiger partial charge < -0.3 is 4.42 Å². The van der Waals surface area contributed by atoms with Crippen LogP contribution in [0.25, 0.3) is 6.08 Å². The largest absolute Gasteiger partial charge is 0.467 e. The first-order valence-electron chi connectivity index (χ1n) is 7.42. The number of carbonyl (C=O) groups excluding carboxylic acids is 1. The molecule has 0 atom stereocenters. The number of halogens is 2. The van der Waals surface area contributed by atoms with Gasteiger partial charge in [-0.3, -0.25) is 9.69 Å². The number of anilines is 1. The summed E-state index contributed by atoms with van der Waals surface area (Å²) >= 11 is 1.46. The van der Waals surface area contributed by atoms with Crippen LogP contribution < -0.4 is 4.90 Å². The number of furan rings is 1. The molecule has 0 saturated carbocycles. The lowest BCUT2D eigenvalue weighted by Gasteiger charge is -2.21. The summed E-state index contributed by atoms with van der Waals surface area (Å²) in [6.45, 7) is 1.88. The van der Waals surface area contributed by atoms with Gasteiger partial charge in [-0.25, -0.2) is 13.8 Å². The highest BCUT2D eigenvalue weighted by Crippen LogP contribution is 2.23. The van der Waals surface area contributed by atoms with Gasteiger partial charge >= 0.3 is 0 Å². The van der Waals surface area contributed by atoms with Crippen LogP contribution in [0.5, 0.6) is 0 Å². The number of rotatable bonds is 5. The molecule has 0 spiro atoms. The minimum absolute atomic E-state index is 0.0226. The highest BCUT2D eigenvalue weighted by Gasteiger charge is 2.19. The number of amides is 1. The van der Waals surface area contributed by atoms with Crippen molar-refractivity contribution in [3.8, 4) is 0 Å². The highest BCUT2D eigenvalue weighted by molar-refractivity contribution is 7.09. The summed E-state index contributed by atoms with van der Waals surface area (Å²) in [5.74, 6) is -1.51. The van der Waals surface area contributed by atoms with Gasteiger partial charge in [0.1, 0.15) is 17.4 Å². The molecule has 0 aliphatic heterocycles. The number of carbonyl (C=O) groups is 1. The lowest BCUT2D eigenvalue weighted by atomic mass is 10.2. The Morgan fingerprint density at radius 1 is 1.36 bits per heavy atom. The molecule has 1 aromatic carbocycles. The molecule has 0 unspecified atom stereocenters. The molecule has 0 fully saturated rings. The number of aryl methyl sites for hydroxylation is 1. The van der Waals surface area contributed by atoms with Crippen LogP contribution in [0.1, 0.15) is 16.5 Å². The maximum absolute atomic E-state index is 14.2. The van der Waals surface area contributed by atoms with Gasteiger partial charge in [-0.15, -0.1) is 11.3 Å². The molecule has 2 heterocycles. The second-order valence-corrected chi connectivity index (χ2v) is 6.29. The second kappa shape index (κ2) is 7.40. The Kier molecular flexibility index (Phi) is 5.04. The van der Waals surface area contributed by atoms with E-state index in [-0.39, 0.29) is 12.2 Å². The van der Waals surface area contributed by atoms with Crippen LogP contribution in [0.3, 0.4) is 0 Å². The third-order valence-electron chi connectivity index (χ3n) is 3.39. The van der Waals surface area contributed by atoms with Crippen LogP contribution in [-0.2, 0) is 11.3 Å². The first-order chi connectivity index (χ1) is 12.0. The minimum atomic E-state index is -0.821. The Morgan fingerprint density at radius 3 is 2.84 bits per heavy atom. The van der Waals surface area contributed by atoms with Crippen molar-refractivity contribution in [2.24, 2.45) is 0 Å². The molecule has 0 aliphatic carbocycles.